The summed E-state index contributed by atoms with van der Waals surface area (Å²) in [6.45, 7) is 4.96. The quantitative estimate of drug-likeness (QED) is 0.0320. The second-order valence-corrected chi connectivity index (χ2v) is 25.6. The molecule has 0 rings (SSSR count). The van der Waals surface area contributed by atoms with Crippen molar-refractivity contribution in [3.05, 3.63) is 48.6 Å². The third-order valence-electron chi connectivity index (χ3n) is 17.4. The lowest BCUT2D eigenvalue weighted by atomic mass is 10.0. The molecule has 488 valence electrons. The highest BCUT2D eigenvalue weighted by Gasteiger charge is 2.20. The van der Waals surface area contributed by atoms with Crippen LogP contribution in [0.2, 0.25) is 0 Å². The largest absolute Gasteiger partial charge is 0.466 e. The maximum absolute atomic E-state index is 12.5. The van der Waals surface area contributed by atoms with Gasteiger partial charge in [0.2, 0.25) is 5.91 Å². The van der Waals surface area contributed by atoms with Crippen molar-refractivity contribution in [1.29, 1.82) is 0 Å². The van der Waals surface area contributed by atoms with Gasteiger partial charge >= 0.3 is 5.97 Å². The SMILES string of the molecule is CCCCCC/C=C\C/C=C\CCCCCCCCCC(=O)OCCCCCCCCCCC/C=C\C/C=C\CCCCCCCCCCCCCCCCCCCC(=O)NC(CO)C(O)CCCCCCCCCCCCCCCCC. The zero-order valence-electron chi connectivity index (χ0n) is 55.9. The lowest BCUT2D eigenvalue weighted by Gasteiger charge is -2.22. The van der Waals surface area contributed by atoms with Gasteiger partial charge in [0.15, 0.2) is 0 Å². The van der Waals surface area contributed by atoms with E-state index in [-0.39, 0.29) is 18.5 Å². The van der Waals surface area contributed by atoms with Crippen molar-refractivity contribution in [3.8, 4) is 0 Å². The summed E-state index contributed by atoms with van der Waals surface area (Å²) in [5, 5.41) is 23.3. The Bertz CT molecular complexity index is 1390. The Morgan fingerprint density at radius 3 is 0.928 bits per heavy atom. The van der Waals surface area contributed by atoms with Crippen LogP contribution >= 0.6 is 0 Å². The molecule has 0 aromatic heterocycles. The van der Waals surface area contributed by atoms with Crippen LogP contribution in [-0.2, 0) is 14.3 Å². The average molecular weight is 1170 g/mol. The molecule has 83 heavy (non-hydrogen) atoms. The van der Waals surface area contributed by atoms with Crippen molar-refractivity contribution in [2.75, 3.05) is 13.2 Å². The molecule has 0 saturated carbocycles. The minimum atomic E-state index is -0.663. The summed E-state index contributed by atoms with van der Waals surface area (Å²) in [5.41, 5.74) is 0. The number of ether oxygens (including phenoxy) is 1. The maximum atomic E-state index is 12.5. The molecule has 6 heteroatoms. The van der Waals surface area contributed by atoms with E-state index in [1.54, 1.807) is 0 Å². The fourth-order valence-electron chi connectivity index (χ4n) is 11.6. The van der Waals surface area contributed by atoms with E-state index in [1.807, 2.05) is 0 Å². The summed E-state index contributed by atoms with van der Waals surface area (Å²) in [4.78, 5) is 24.6. The molecule has 1 amide bonds. The number of hydrogen-bond donors (Lipinski definition) is 3. The fourth-order valence-corrected chi connectivity index (χ4v) is 11.6. The van der Waals surface area contributed by atoms with Gasteiger partial charge in [0.1, 0.15) is 0 Å². The van der Waals surface area contributed by atoms with Crippen LogP contribution in [0.5, 0.6) is 0 Å². The highest BCUT2D eigenvalue weighted by atomic mass is 16.5. The normalized spacial score (nSPS) is 12.8. The van der Waals surface area contributed by atoms with Crippen molar-refractivity contribution >= 4 is 11.9 Å². The molecular formula is C77H145NO5. The number of aliphatic hydroxyl groups excluding tert-OH is 2. The van der Waals surface area contributed by atoms with E-state index < -0.39 is 12.1 Å². The van der Waals surface area contributed by atoms with Crippen LogP contribution < -0.4 is 5.32 Å². The highest BCUT2D eigenvalue weighted by molar-refractivity contribution is 5.76. The van der Waals surface area contributed by atoms with Gasteiger partial charge in [-0.3, -0.25) is 9.59 Å². The summed E-state index contributed by atoms with van der Waals surface area (Å²) >= 11 is 0. The second-order valence-electron chi connectivity index (χ2n) is 25.6. The molecule has 0 aromatic carbocycles. The smallest absolute Gasteiger partial charge is 0.305 e. The van der Waals surface area contributed by atoms with Crippen LogP contribution in [0.3, 0.4) is 0 Å². The van der Waals surface area contributed by atoms with Crippen molar-refractivity contribution in [1.82, 2.24) is 5.32 Å². The molecule has 0 bridgehead atoms. The molecule has 0 radical (unpaired) electrons. The number of carbonyl (C=O) groups is 2. The monoisotopic (exact) mass is 1160 g/mol. The summed E-state index contributed by atoms with van der Waals surface area (Å²) in [6.07, 6.45) is 94.6. The number of amides is 1. The van der Waals surface area contributed by atoms with Gasteiger partial charge in [-0.15, -0.1) is 0 Å². The number of hydrogen-bond acceptors (Lipinski definition) is 5. The van der Waals surface area contributed by atoms with E-state index in [0.717, 1.165) is 57.8 Å². The van der Waals surface area contributed by atoms with Gasteiger partial charge in [0.25, 0.3) is 0 Å². The van der Waals surface area contributed by atoms with E-state index in [2.05, 4.69) is 67.8 Å². The molecule has 3 N–H and O–H groups in total. The van der Waals surface area contributed by atoms with Gasteiger partial charge in [-0.1, -0.05) is 351 Å². The first kappa shape index (κ1) is 80.8. The van der Waals surface area contributed by atoms with E-state index in [9.17, 15) is 19.8 Å². The third-order valence-corrected chi connectivity index (χ3v) is 17.4. The second kappa shape index (κ2) is 72.3. The number of nitrogens with one attached hydrogen (secondary N) is 1. The van der Waals surface area contributed by atoms with Gasteiger partial charge in [-0.2, -0.15) is 0 Å². The predicted octanol–water partition coefficient (Wildman–Crippen LogP) is 24.4. The van der Waals surface area contributed by atoms with Crippen molar-refractivity contribution in [2.45, 2.75) is 418 Å². The Balaban J connectivity index is 3.37. The summed E-state index contributed by atoms with van der Waals surface area (Å²) in [5.74, 6) is -0.0235. The standard InChI is InChI=1S/C77H145NO5/c1-3-5-7-9-11-13-15-17-19-20-39-43-47-51-55-59-63-67-71-77(82)83-72-68-64-60-56-52-48-44-40-37-35-33-31-29-27-25-23-21-22-24-26-28-30-32-34-36-38-42-46-50-54-58-62-66-70-76(81)78-74(73-79)75(80)69-65-61-57-53-49-45-41-18-16-14-12-10-8-6-4-2/h13,15,19-20,25,27,31,33,74-75,79-80H,3-12,14,16-18,21-24,26,28-30,32,34-73H2,1-2H3,(H,78,81)/b15-13-,20-19-,27-25-,33-31-. The zero-order chi connectivity index (χ0) is 59.9. The molecule has 2 unspecified atom stereocenters. The van der Waals surface area contributed by atoms with E-state index in [0.29, 0.717) is 25.9 Å². The first-order valence-corrected chi connectivity index (χ1v) is 37.4. The topological polar surface area (TPSA) is 95.9 Å². The number of rotatable bonds is 70. The van der Waals surface area contributed by atoms with E-state index in [4.69, 9.17) is 4.74 Å². The molecule has 0 saturated heterocycles. The van der Waals surface area contributed by atoms with Crippen molar-refractivity contribution in [3.63, 3.8) is 0 Å². The molecule has 0 aromatic rings. The highest BCUT2D eigenvalue weighted by Crippen LogP contribution is 2.19. The number of esters is 1. The Labute approximate surface area is 518 Å². The van der Waals surface area contributed by atoms with Crippen molar-refractivity contribution < 1.29 is 24.5 Å². The van der Waals surface area contributed by atoms with Crippen LogP contribution in [0.25, 0.3) is 0 Å². The predicted molar refractivity (Wildman–Crippen MR) is 366 cm³/mol. The first-order chi connectivity index (χ1) is 41.0. The number of unbranched alkanes of at least 4 members (excludes halogenated alkanes) is 51. The third kappa shape index (κ3) is 68.8. The van der Waals surface area contributed by atoms with Crippen LogP contribution in [-0.4, -0.2) is 47.4 Å². The molecule has 0 fully saturated rings. The van der Waals surface area contributed by atoms with Crippen LogP contribution in [0, 0.1) is 0 Å². The lowest BCUT2D eigenvalue weighted by Crippen LogP contribution is -2.45. The fraction of sp³-hybridized carbons (Fsp3) is 0.870. The molecule has 0 spiro atoms. The van der Waals surface area contributed by atoms with Gasteiger partial charge in [0, 0.05) is 12.8 Å². The molecule has 2 atom stereocenters. The van der Waals surface area contributed by atoms with E-state index in [1.165, 1.54) is 315 Å². The van der Waals surface area contributed by atoms with E-state index >= 15 is 0 Å². The van der Waals surface area contributed by atoms with Gasteiger partial charge in [0.05, 0.1) is 25.4 Å². The van der Waals surface area contributed by atoms with Gasteiger partial charge in [-0.05, 0) is 89.9 Å². The molecule has 0 aliphatic heterocycles. The molecular weight excluding hydrogens is 1020 g/mol. The van der Waals surface area contributed by atoms with Crippen LogP contribution in [0.15, 0.2) is 48.6 Å². The summed E-state index contributed by atoms with van der Waals surface area (Å²) in [6, 6.07) is -0.540. The minimum Gasteiger partial charge on any atom is -0.466 e. The number of allylic oxidation sites excluding steroid dienone is 8. The Morgan fingerprint density at radius 2 is 0.602 bits per heavy atom. The number of carbonyl (C=O) groups excluding carboxylic acids is 2. The Kier molecular flexibility index (Phi) is 70.4. The maximum Gasteiger partial charge on any atom is 0.305 e. The molecule has 0 heterocycles. The van der Waals surface area contributed by atoms with Crippen molar-refractivity contribution in [2.24, 2.45) is 0 Å². The zero-order valence-corrected chi connectivity index (χ0v) is 55.9. The van der Waals surface area contributed by atoms with Crippen LogP contribution in [0.4, 0.5) is 0 Å². The minimum absolute atomic E-state index is 0.00712. The summed E-state index contributed by atoms with van der Waals surface area (Å²) < 4.78 is 5.50. The molecule has 6 nitrogen and oxygen atoms in total. The first-order valence-electron chi connectivity index (χ1n) is 37.4. The lowest BCUT2D eigenvalue weighted by molar-refractivity contribution is -0.143. The summed E-state index contributed by atoms with van der Waals surface area (Å²) in [7, 11) is 0. The Hall–Kier alpha value is -2.18. The molecule has 0 aliphatic carbocycles. The van der Waals surface area contributed by atoms with Gasteiger partial charge < -0.3 is 20.3 Å². The average Bonchev–Trinajstić information content (AvgIpc) is 3.48. The number of aliphatic hydroxyl groups is 2. The Morgan fingerprint density at radius 1 is 0.337 bits per heavy atom. The molecule has 0 aliphatic rings. The van der Waals surface area contributed by atoms with Gasteiger partial charge in [-0.25, -0.2) is 0 Å². The van der Waals surface area contributed by atoms with Crippen LogP contribution in [0.1, 0.15) is 406 Å².